The van der Waals surface area contributed by atoms with Crippen molar-refractivity contribution in [2.24, 2.45) is 11.1 Å². The van der Waals surface area contributed by atoms with Gasteiger partial charge in [0.25, 0.3) is 0 Å². The molecule has 0 fully saturated rings. The number of carbonyl (C=O) groups is 1. The van der Waals surface area contributed by atoms with Gasteiger partial charge in [-0.25, -0.2) is 13.2 Å². The fourth-order valence-electron chi connectivity index (χ4n) is 1.84. The summed E-state index contributed by atoms with van der Waals surface area (Å²) in [6.45, 7) is 4.41. The predicted molar refractivity (Wildman–Crippen MR) is 67.3 cm³/mol. The molecule has 0 radical (unpaired) electrons. The normalized spacial score (nSPS) is 11.7. The van der Waals surface area contributed by atoms with Crippen molar-refractivity contribution in [2.75, 3.05) is 6.54 Å². The number of halogens is 3. The molecule has 0 bridgehead atoms. The molecular weight excluding hydrogens is 255 g/mol. The number of nitrogens with two attached hydrogens (primary N) is 1. The van der Waals surface area contributed by atoms with E-state index < -0.39 is 28.8 Å². The Labute approximate surface area is 110 Å². The summed E-state index contributed by atoms with van der Waals surface area (Å²) < 4.78 is 39.2. The average Bonchev–Trinajstić information content (AvgIpc) is 2.33. The summed E-state index contributed by atoms with van der Waals surface area (Å²) >= 11 is 0. The highest BCUT2D eigenvalue weighted by Gasteiger charge is 2.22. The molecule has 0 heterocycles. The highest BCUT2D eigenvalue weighted by Crippen LogP contribution is 2.27. The minimum absolute atomic E-state index is 0.0784. The molecule has 0 unspecified atom stereocenters. The fraction of sp³-hybridized carbons (Fsp3) is 0.500. The first kappa shape index (κ1) is 15.7. The number of hydrogen-bond donors (Lipinski definition) is 1. The van der Waals surface area contributed by atoms with Crippen LogP contribution in [0.4, 0.5) is 13.2 Å². The van der Waals surface area contributed by atoms with Crippen molar-refractivity contribution in [3.05, 3.63) is 35.1 Å². The van der Waals surface area contributed by atoms with Crippen LogP contribution in [0.1, 0.15) is 43.5 Å². The molecule has 0 atom stereocenters. The first-order valence-corrected chi connectivity index (χ1v) is 6.15. The zero-order valence-electron chi connectivity index (χ0n) is 11.1. The largest absolute Gasteiger partial charge is 0.330 e. The molecule has 0 spiro atoms. The highest BCUT2D eigenvalue weighted by atomic mass is 19.2. The number of hydrogen-bond acceptors (Lipinski definition) is 2. The molecule has 1 aromatic rings. The van der Waals surface area contributed by atoms with Gasteiger partial charge < -0.3 is 5.73 Å². The zero-order valence-corrected chi connectivity index (χ0v) is 11.1. The van der Waals surface area contributed by atoms with Gasteiger partial charge in [0.2, 0.25) is 0 Å². The minimum Gasteiger partial charge on any atom is -0.330 e. The Bertz CT molecular complexity index is 472. The van der Waals surface area contributed by atoms with E-state index in [1.807, 2.05) is 13.8 Å². The van der Waals surface area contributed by atoms with Crippen LogP contribution in [0.15, 0.2) is 12.1 Å². The zero-order chi connectivity index (χ0) is 14.6. The van der Waals surface area contributed by atoms with E-state index in [0.717, 1.165) is 18.6 Å². The van der Waals surface area contributed by atoms with Gasteiger partial charge in [-0.1, -0.05) is 13.8 Å². The van der Waals surface area contributed by atoms with Crippen LogP contribution < -0.4 is 5.73 Å². The van der Waals surface area contributed by atoms with Crippen LogP contribution in [0.5, 0.6) is 0 Å². The van der Waals surface area contributed by atoms with Gasteiger partial charge in [0.15, 0.2) is 23.2 Å². The Morgan fingerprint density at radius 2 is 1.79 bits per heavy atom. The van der Waals surface area contributed by atoms with Gasteiger partial charge in [-0.2, -0.15) is 0 Å². The number of Topliss-reactive ketones (excluding diaryl/α,β-unsaturated/α-hetero) is 1. The third kappa shape index (κ3) is 4.06. The van der Waals surface area contributed by atoms with Crippen molar-refractivity contribution in [1.82, 2.24) is 0 Å². The third-order valence-corrected chi connectivity index (χ3v) is 3.19. The van der Waals surface area contributed by atoms with Gasteiger partial charge >= 0.3 is 0 Å². The topological polar surface area (TPSA) is 43.1 Å². The van der Waals surface area contributed by atoms with E-state index in [1.54, 1.807) is 0 Å². The fourth-order valence-corrected chi connectivity index (χ4v) is 1.84. The summed E-state index contributed by atoms with van der Waals surface area (Å²) in [7, 11) is 0. The van der Waals surface area contributed by atoms with E-state index in [-0.39, 0.29) is 11.8 Å². The summed E-state index contributed by atoms with van der Waals surface area (Å²) in [6.07, 6.45) is 1.33. The van der Waals surface area contributed by atoms with Crippen molar-refractivity contribution in [1.29, 1.82) is 0 Å². The number of ketones is 1. The summed E-state index contributed by atoms with van der Waals surface area (Å²) in [5.74, 6) is -4.84. The first-order valence-electron chi connectivity index (χ1n) is 6.15. The Hall–Kier alpha value is -1.36. The molecule has 2 N–H and O–H groups in total. The Morgan fingerprint density at radius 3 is 2.37 bits per heavy atom. The SMILES string of the molecule is CC(C)(CCN)CCC(=O)c1ccc(F)c(F)c1F. The van der Waals surface area contributed by atoms with Crippen molar-refractivity contribution >= 4 is 5.78 Å². The first-order chi connectivity index (χ1) is 8.78. The molecule has 1 rings (SSSR count). The van der Waals surface area contributed by atoms with Crippen molar-refractivity contribution in [3.8, 4) is 0 Å². The van der Waals surface area contributed by atoms with E-state index >= 15 is 0 Å². The molecule has 0 aliphatic heterocycles. The molecule has 0 amide bonds. The molecule has 19 heavy (non-hydrogen) atoms. The Kier molecular flexibility index (Phi) is 5.11. The van der Waals surface area contributed by atoms with Gasteiger partial charge in [-0.05, 0) is 36.9 Å². The molecule has 5 heteroatoms. The summed E-state index contributed by atoms with van der Waals surface area (Å²) in [4.78, 5) is 11.8. The standard InChI is InChI=1S/C14H18F3NO/c1-14(2,7-8-18)6-5-11(19)9-3-4-10(15)13(17)12(9)16/h3-4H,5-8,18H2,1-2H3. The highest BCUT2D eigenvalue weighted by molar-refractivity contribution is 5.96. The van der Waals surface area contributed by atoms with Gasteiger partial charge in [-0.15, -0.1) is 0 Å². The Morgan fingerprint density at radius 1 is 1.16 bits per heavy atom. The molecule has 0 aromatic heterocycles. The minimum atomic E-state index is -1.60. The maximum Gasteiger partial charge on any atom is 0.195 e. The molecule has 0 saturated carbocycles. The Balaban J connectivity index is 2.77. The van der Waals surface area contributed by atoms with Crippen LogP contribution in [0.3, 0.4) is 0 Å². The summed E-state index contributed by atoms with van der Waals surface area (Å²) in [6, 6.07) is 1.74. The molecule has 0 aliphatic carbocycles. The van der Waals surface area contributed by atoms with Crippen LogP contribution in [-0.2, 0) is 0 Å². The molecular formula is C14H18F3NO. The maximum atomic E-state index is 13.4. The second-order valence-electron chi connectivity index (χ2n) is 5.35. The van der Waals surface area contributed by atoms with Crippen LogP contribution in [0.2, 0.25) is 0 Å². The molecule has 0 aliphatic rings. The van der Waals surface area contributed by atoms with Gasteiger partial charge in [0.05, 0.1) is 5.56 Å². The van der Waals surface area contributed by atoms with E-state index in [2.05, 4.69) is 0 Å². The number of benzene rings is 1. The lowest BCUT2D eigenvalue weighted by atomic mass is 9.83. The van der Waals surface area contributed by atoms with Gasteiger partial charge in [-0.3, -0.25) is 4.79 Å². The number of rotatable bonds is 6. The van der Waals surface area contributed by atoms with Crippen LogP contribution in [-0.4, -0.2) is 12.3 Å². The lowest BCUT2D eigenvalue weighted by Crippen LogP contribution is -2.19. The van der Waals surface area contributed by atoms with Crippen LogP contribution in [0.25, 0.3) is 0 Å². The van der Waals surface area contributed by atoms with Crippen molar-refractivity contribution in [3.63, 3.8) is 0 Å². The van der Waals surface area contributed by atoms with E-state index in [1.165, 1.54) is 0 Å². The smallest absolute Gasteiger partial charge is 0.195 e. The number of carbonyl (C=O) groups excluding carboxylic acids is 1. The summed E-state index contributed by atoms with van der Waals surface area (Å²) in [5.41, 5.74) is 4.92. The van der Waals surface area contributed by atoms with E-state index in [4.69, 9.17) is 5.73 Å². The summed E-state index contributed by atoms with van der Waals surface area (Å²) in [5, 5.41) is 0. The maximum absolute atomic E-state index is 13.4. The van der Waals surface area contributed by atoms with Crippen molar-refractivity contribution < 1.29 is 18.0 Å². The van der Waals surface area contributed by atoms with Crippen molar-refractivity contribution in [2.45, 2.75) is 33.1 Å². The molecule has 106 valence electrons. The van der Waals surface area contributed by atoms with E-state index in [9.17, 15) is 18.0 Å². The quantitative estimate of drug-likeness (QED) is 0.637. The molecule has 1 aromatic carbocycles. The lowest BCUT2D eigenvalue weighted by Gasteiger charge is -2.23. The van der Waals surface area contributed by atoms with Gasteiger partial charge in [0.1, 0.15) is 0 Å². The predicted octanol–water partition coefficient (Wildman–Crippen LogP) is 3.44. The second kappa shape index (κ2) is 6.19. The average molecular weight is 273 g/mol. The van der Waals surface area contributed by atoms with Gasteiger partial charge in [0, 0.05) is 6.42 Å². The van der Waals surface area contributed by atoms with Crippen LogP contribution >= 0.6 is 0 Å². The van der Waals surface area contributed by atoms with E-state index in [0.29, 0.717) is 13.0 Å². The lowest BCUT2D eigenvalue weighted by molar-refractivity contribution is 0.0956. The third-order valence-electron chi connectivity index (χ3n) is 3.19. The second-order valence-corrected chi connectivity index (χ2v) is 5.35. The van der Waals surface area contributed by atoms with Crippen LogP contribution in [0, 0.1) is 22.9 Å². The monoisotopic (exact) mass is 273 g/mol. The molecule has 0 saturated heterocycles. The molecule has 2 nitrogen and oxygen atoms in total.